The van der Waals surface area contributed by atoms with E-state index in [-0.39, 0.29) is 0 Å². The van der Waals surface area contributed by atoms with Gasteiger partial charge in [0.2, 0.25) is 11.8 Å². The van der Waals surface area contributed by atoms with Gasteiger partial charge in [-0.1, -0.05) is 0 Å². The molecule has 0 aromatic carbocycles. The van der Waals surface area contributed by atoms with Crippen LogP contribution in [0.2, 0.25) is 0 Å². The number of hydrogen-bond donors (Lipinski definition) is 0. The summed E-state index contributed by atoms with van der Waals surface area (Å²) in [5, 5.41) is 7.98. The highest BCUT2D eigenvalue weighted by atomic mass is 35.5. The molecule has 4 nitrogen and oxygen atoms in total. The Labute approximate surface area is 87.6 Å². The first-order valence-corrected chi connectivity index (χ1v) is 5.39. The van der Waals surface area contributed by atoms with E-state index in [0.717, 1.165) is 25.9 Å². The summed E-state index contributed by atoms with van der Waals surface area (Å²) in [5.41, 5.74) is 0. The SMILES string of the molecule is ClCCCc1nnc(C2CCOC2)o1. The van der Waals surface area contributed by atoms with Crippen LogP contribution in [0.25, 0.3) is 0 Å². The molecule has 0 aliphatic carbocycles. The zero-order valence-corrected chi connectivity index (χ0v) is 8.66. The lowest BCUT2D eigenvalue weighted by molar-refractivity contribution is 0.190. The normalized spacial score (nSPS) is 21.6. The van der Waals surface area contributed by atoms with Gasteiger partial charge in [-0.2, -0.15) is 0 Å². The fourth-order valence-corrected chi connectivity index (χ4v) is 1.61. The first kappa shape index (κ1) is 9.93. The molecule has 1 aromatic heterocycles. The van der Waals surface area contributed by atoms with E-state index in [0.29, 0.717) is 30.2 Å². The average molecular weight is 217 g/mol. The van der Waals surface area contributed by atoms with E-state index in [4.69, 9.17) is 20.8 Å². The molecule has 14 heavy (non-hydrogen) atoms. The summed E-state index contributed by atoms with van der Waals surface area (Å²) in [7, 11) is 0. The highest BCUT2D eigenvalue weighted by molar-refractivity contribution is 6.17. The maximum absolute atomic E-state index is 5.58. The first-order valence-electron chi connectivity index (χ1n) is 4.86. The standard InChI is InChI=1S/C9H13ClN2O2/c10-4-1-2-8-11-12-9(14-8)7-3-5-13-6-7/h7H,1-6H2. The number of ether oxygens (including phenoxy) is 1. The highest BCUT2D eigenvalue weighted by Crippen LogP contribution is 2.23. The van der Waals surface area contributed by atoms with Crippen LogP contribution in [-0.2, 0) is 11.2 Å². The Hall–Kier alpha value is -0.610. The van der Waals surface area contributed by atoms with Crippen molar-refractivity contribution in [2.45, 2.75) is 25.2 Å². The van der Waals surface area contributed by atoms with Gasteiger partial charge in [0.25, 0.3) is 0 Å². The Bertz CT molecular complexity index is 284. The van der Waals surface area contributed by atoms with E-state index in [1.165, 1.54) is 0 Å². The predicted molar refractivity (Wildman–Crippen MR) is 51.5 cm³/mol. The van der Waals surface area contributed by atoms with E-state index in [2.05, 4.69) is 10.2 Å². The van der Waals surface area contributed by atoms with Crippen molar-refractivity contribution in [2.24, 2.45) is 0 Å². The van der Waals surface area contributed by atoms with Crippen LogP contribution in [0.3, 0.4) is 0 Å². The lowest BCUT2D eigenvalue weighted by atomic mass is 10.1. The third kappa shape index (κ3) is 2.25. The van der Waals surface area contributed by atoms with E-state index < -0.39 is 0 Å². The molecule has 0 N–H and O–H groups in total. The monoisotopic (exact) mass is 216 g/mol. The first-order chi connectivity index (χ1) is 6.90. The molecule has 1 aliphatic rings. The fraction of sp³-hybridized carbons (Fsp3) is 0.778. The minimum atomic E-state index is 0.298. The lowest BCUT2D eigenvalue weighted by Gasteiger charge is -1.98. The quantitative estimate of drug-likeness (QED) is 0.720. The highest BCUT2D eigenvalue weighted by Gasteiger charge is 2.23. The Morgan fingerprint density at radius 2 is 2.36 bits per heavy atom. The molecule has 0 spiro atoms. The molecule has 1 atom stereocenters. The van der Waals surface area contributed by atoms with Gasteiger partial charge in [0.05, 0.1) is 12.5 Å². The van der Waals surface area contributed by atoms with Gasteiger partial charge in [-0.15, -0.1) is 21.8 Å². The molecular weight excluding hydrogens is 204 g/mol. The van der Waals surface area contributed by atoms with Gasteiger partial charge in [-0.05, 0) is 12.8 Å². The Balaban J connectivity index is 1.94. The van der Waals surface area contributed by atoms with Gasteiger partial charge in [-0.3, -0.25) is 0 Å². The van der Waals surface area contributed by atoms with Crippen LogP contribution in [-0.4, -0.2) is 29.3 Å². The molecule has 1 fully saturated rings. The molecule has 0 radical (unpaired) electrons. The van der Waals surface area contributed by atoms with Crippen LogP contribution in [0, 0.1) is 0 Å². The molecule has 78 valence electrons. The van der Waals surface area contributed by atoms with Crippen molar-refractivity contribution in [3.8, 4) is 0 Å². The van der Waals surface area contributed by atoms with E-state index in [1.54, 1.807) is 0 Å². The largest absolute Gasteiger partial charge is 0.425 e. The van der Waals surface area contributed by atoms with Gasteiger partial charge >= 0.3 is 0 Å². The van der Waals surface area contributed by atoms with Gasteiger partial charge in [-0.25, -0.2) is 0 Å². The van der Waals surface area contributed by atoms with Gasteiger partial charge in [0.1, 0.15) is 0 Å². The summed E-state index contributed by atoms with van der Waals surface area (Å²) in [5.74, 6) is 2.33. The van der Waals surface area contributed by atoms with Crippen molar-refractivity contribution in [2.75, 3.05) is 19.1 Å². The van der Waals surface area contributed by atoms with Gasteiger partial charge in [0, 0.05) is 18.9 Å². The summed E-state index contributed by atoms with van der Waals surface area (Å²) in [6.07, 6.45) is 2.63. The molecule has 2 rings (SSSR count). The van der Waals surface area contributed by atoms with Crippen molar-refractivity contribution in [1.29, 1.82) is 0 Å². The van der Waals surface area contributed by atoms with Crippen molar-refractivity contribution < 1.29 is 9.15 Å². The Kier molecular flexibility index (Phi) is 3.37. The van der Waals surface area contributed by atoms with Crippen LogP contribution < -0.4 is 0 Å². The molecule has 0 bridgehead atoms. The minimum Gasteiger partial charge on any atom is -0.425 e. The summed E-state index contributed by atoms with van der Waals surface area (Å²) < 4.78 is 10.8. The predicted octanol–water partition coefficient (Wildman–Crippen LogP) is 1.74. The number of nitrogens with zero attached hydrogens (tertiary/aromatic N) is 2. The molecular formula is C9H13ClN2O2. The number of halogens is 1. The molecule has 2 heterocycles. The Morgan fingerprint density at radius 3 is 3.07 bits per heavy atom. The Morgan fingerprint density at radius 1 is 1.43 bits per heavy atom. The van der Waals surface area contributed by atoms with Gasteiger partial charge < -0.3 is 9.15 Å². The molecule has 1 aromatic rings. The topological polar surface area (TPSA) is 48.2 Å². The van der Waals surface area contributed by atoms with Gasteiger partial charge in [0.15, 0.2) is 0 Å². The number of alkyl halides is 1. The van der Waals surface area contributed by atoms with E-state index in [1.807, 2.05) is 0 Å². The van der Waals surface area contributed by atoms with E-state index >= 15 is 0 Å². The molecule has 5 heteroatoms. The van der Waals surface area contributed by atoms with Crippen molar-refractivity contribution in [1.82, 2.24) is 10.2 Å². The van der Waals surface area contributed by atoms with Crippen molar-refractivity contribution in [3.63, 3.8) is 0 Å². The fourth-order valence-electron chi connectivity index (χ4n) is 1.48. The van der Waals surface area contributed by atoms with Crippen LogP contribution in [0.1, 0.15) is 30.5 Å². The number of rotatable bonds is 4. The smallest absolute Gasteiger partial charge is 0.222 e. The van der Waals surface area contributed by atoms with Crippen LogP contribution in [0.15, 0.2) is 4.42 Å². The maximum Gasteiger partial charge on any atom is 0.222 e. The molecule has 0 saturated carbocycles. The van der Waals surface area contributed by atoms with Crippen LogP contribution in [0.5, 0.6) is 0 Å². The third-order valence-electron chi connectivity index (χ3n) is 2.29. The van der Waals surface area contributed by atoms with Crippen molar-refractivity contribution in [3.05, 3.63) is 11.8 Å². The van der Waals surface area contributed by atoms with E-state index in [9.17, 15) is 0 Å². The van der Waals surface area contributed by atoms with Crippen molar-refractivity contribution >= 4 is 11.6 Å². The molecule has 1 aliphatic heterocycles. The second-order valence-electron chi connectivity index (χ2n) is 3.39. The van der Waals surface area contributed by atoms with Crippen LogP contribution >= 0.6 is 11.6 Å². The summed E-state index contributed by atoms with van der Waals surface area (Å²) in [6.45, 7) is 1.50. The second kappa shape index (κ2) is 4.75. The molecule has 0 amide bonds. The summed E-state index contributed by atoms with van der Waals surface area (Å²) in [6, 6.07) is 0. The molecule has 1 unspecified atom stereocenters. The minimum absolute atomic E-state index is 0.298. The zero-order chi connectivity index (χ0) is 9.80. The number of aromatic nitrogens is 2. The summed E-state index contributed by atoms with van der Waals surface area (Å²) >= 11 is 5.58. The number of aryl methyl sites for hydroxylation is 1. The second-order valence-corrected chi connectivity index (χ2v) is 3.77. The summed E-state index contributed by atoms with van der Waals surface area (Å²) in [4.78, 5) is 0. The average Bonchev–Trinajstić information content (AvgIpc) is 2.85. The third-order valence-corrected chi connectivity index (χ3v) is 2.55. The number of hydrogen-bond acceptors (Lipinski definition) is 4. The zero-order valence-electron chi connectivity index (χ0n) is 7.91. The molecule has 1 saturated heterocycles. The maximum atomic E-state index is 5.58. The van der Waals surface area contributed by atoms with Crippen LogP contribution in [0.4, 0.5) is 0 Å². The lowest BCUT2D eigenvalue weighted by Crippen LogP contribution is -1.97.